The van der Waals surface area contributed by atoms with E-state index in [0.29, 0.717) is 6.42 Å². The van der Waals surface area contributed by atoms with Crippen LogP contribution in [0, 0.1) is 5.92 Å². The highest BCUT2D eigenvalue weighted by Crippen LogP contribution is 2.11. The van der Waals surface area contributed by atoms with E-state index in [1.807, 2.05) is 6.92 Å². The Balaban J connectivity index is 3.50. The molecule has 0 aliphatic rings. The Kier molecular flexibility index (Phi) is 10.5. The number of thioether (sulfide) groups is 1. The van der Waals surface area contributed by atoms with Gasteiger partial charge in [-0.25, -0.2) is 0 Å². The predicted octanol–water partition coefficient (Wildman–Crippen LogP) is 2.08. The summed E-state index contributed by atoms with van der Waals surface area (Å²) >= 11 is 5.82. The first-order valence-corrected chi connectivity index (χ1v) is 7.43. The van der Waals surface area contributed by atoms with Crippen molar-refractivity contribution in [2.45, 2.75) is 26.2 Å². The third-order valence-corrected chi connectivity index (χ3v) is 3.63. The van der Waals surface area contributed by atoms with Gasteiger partial charge in [-0.05, 0) is 24.3 Å². The van der Waals surface area contributed by atoms with Gasteiger partial charge in [0, 0.05) is 12.2 Å². The first kappa shape index (κ1) is 16.6. The molecule has 0 saturated carbocycles. The van der Waals surface area contributed by atoms with Gasteiger partial charge in [0.05, 0.1) is 12.5 Å². The van der Waals surface area contributed by atoms with Crippen LogP contribution >= 0.6 is 24.4 Å². The third kappa shape index (κ3) is 10.5. The van der Waals surface area contributed by atoms with Crippen molar-refractivity contribution in [2.75, 3.05) is 23.9 Å². The third-order valence-electron chi connectivity index (χ3n) is 2.00. The van der Waals surface area contributed by atoms with Gasteiger partial charge in [0.1, 0.15) is 0 Å². The van der Waals surface area contributed by atoms with Crippen molar-refractivity contribution in [3.8, 4) is 0 Å². The average Bonchev–Trinajstić information content (AvgIpc) is 2.29. The molecule has 0 aromatic heterocycles. The zero-order chi connectivity index (χ0) is 13.1. The van der Waals surface area contributed by atoms with Gasteiger partial charge in [-0.2, -0.15) is 24.4 Å². The molecule has 1 atom stereocenters. The summed E-state index contributed by atoms with van der Waals surface area (Å²) < 4.78 is 4.98. The zero-order valence-electron chi connectivity index (χ0n) is 10.1. The number of aliphatic carboxylic acids is 1. The summed E-state index contributed by atoms with van der Waals surface area (Å²) in [6, 6.07) is 0. The minimum atomic E-state index is -0.864. The molecule has 0 bridgehead atoms. The fourth-order valence-electron chi connectivity index (χ4n) is 1.03. The molecule has 0 rings (SSSR count). The van der Waals surface area contributed by atoms with Gasteiger partial charge in [0.15, 0.2) is 0 Å². The lowest BCUT2D eigenvalue weighted by molar-refractivity contribution is -0.148. The standard InChI is InChI=1S/C11H20O4S2/c1-9(8-17-7-3-6-16)11(14)15-5-2-4-10(12)13/h9,16H,2-8H2,1H3,(H,12,13). The molecule has 0 spiro atoms. The van der Waals surface area contributed by atoms with Gasteiger partial charge in [-0.15, -0.1) is 0 Å². The Morgan fingerprint density at radius 3 is 2.71 bits per heavy atom. The maximum Gasteiger partial charge on any atom is 0.309 e. The lowest BCUT2D eigenvalue weighted by Crippen LogP contribution is -2.18. The summed E-state index contributed by atoms with van der Waals surface area (Å²) in [6.45, 7) is 2.02. The molecule has 1 unspecified atom stereocenters. The highest BCUT2D eigenvalue weighted by Gasteiger charge is 2.14. The number of ether oxygens (including phenoxy) is 1. The maximum atomic E-state index is 11.5. The van der Waals surface area contributed by atoms with Gasteiger partial charge in [-0.3, -0.25) is 9.59 Å². The molecule has 0 aliphatic heterocycles. The van der Waals surface area contributed by atoms with Crippen LogP contribution < -0.4 is 0 Å². The van der Waals surface area contributed by atoms with Crippen molar-refractivity contribution in [2.24, 2.45) is 5.92 Å². The monoisotopic (exact) mass is 280 g/mol. The number of carbonyl (C=O) groups excluding carboxylic acids is 1. The number of carbonyl (C=O) groups is 2. The van der Waals surface area contributed by atoms with Crippen LogP contribution in [0.1, 0.15) is 26.2 Å². The van der Waals surface area contributed by atoms with Crippen molar-refractivity contribution in [1.29, 1.82) is 0 Å². The Morgan fingerprint density at radius 2 is 2.12 bits per heavy atom. The van der Waals surface area contributed by atoms with Crippen LogP contribution in [0.4, 0.5) is 0 Å². The number of hydrogen-bond acceptors (Lipinski definition) is 5. The largest absolute Gasteiger partial charge is 0.481 e. The Bertz CT molecular complexity index is 234. The molecule has 6 heteroatoms. The average molecular weight is 280 g/mol. The van der Waals surface area contributed by atoms with Crippen LogP contribution in [0.25, 0.3) is 0 Å². The quantitative estimate of drug-likeness (QED) is 0.364. The lowest BCUT2D eigenvalue weighted by atomic mass is 10.2. The van der Waals surface area contributed by atoms with E-state index in [2.05, 4.69) is 12.6 Å². The second kappa shape index (κ2) is 10.8. The fourth-order valence-corrected chi connectivity index (χ4v) is 2.41. The first-order valence-electron chi connectivity index (χ1n) is 5.65. The van der Waals surface area contributed by atoms with E-state index in [0.717, 1.165) is 23.7 Å². The van der Waals surface area contributed by atoms with E-state index in [1.165, 1.54) is 0 Å². The van der Waals surface area contributed by atoms with Gasteiger partial charge in [0.2, 0.25) is 0 Å². The number of esters is 1. The van der Waals surface area contributed by atoms with E-state index in [4.69, 9.17) is 9.84 Å². The molecule has 0 heterocycles. The summed E-state index contributed by atoms with van der Waals surface area (Å²) in [4.78, 5) is 21.7. The van der Waals surface area contributed by atoms with Crippen LogP contribution in [0.2, 0.25) is 0 Å². The summed E-state index contributed by atoms with van der Waals surface area (Å²) in [5.74, 6) is 1.36. The van der Waals surface area contributed by atoms with Crippen molar-refractivity contribution >= 4 is 36.3 Å². The van der Waals surface area contributed by atoms with Gasteiger partial charge in [0.25, 0.3) is 0 Å². The molecular weight excluding hydrogens is 260 g/mol. The van der Waals surface area contributed by atoms with E-state index >= 15 is 0 Å². The van der Waals surface area contributed by atoms with Crippen LogP contribution in [-0.4, -0.2) is 40.9 Å². The van der Waals surface area contributed by atoms with Crippen molar-refractivity contribution < 1.29 is 19.4 Å². The first-order chi connectivity index (χ1) is 8.07. The minimum Gasteiger partial charge on any atom is -0.481 e. The molecule has 4 nitrogen and oxygen atoms in total. The summed E-state index contributed by atoms with van der Waals surface area (Å²) in [5, 5.41) is 8.40. The van der Waals surface area contributed by atoms with Gasteiger partial charge in [-0.1, -0.05) is 6.92 Å². The molecular formula is C11H20O4S2. The van der Waals surface area contributed by atoms with Crippen LogP contribution in [0.3, 0.4) is 0 Å². The second-order valence-corrected chi connectivity index (χ2v) is 5.31. The second-order valence-electron chi connectivity index (χ2n) is 3.72. The predicted molar refractivity (Wildman–Crippen MR) is 72.8 cm³/mol. The number of carboxylic acids is 1. The molecule has 0 aliphatic carbocycles. The molecule has 0 fully saturated rings. The molecule has 17 heavy (non-hydrogen) atoms. The molecule has 0 amide bonds. The topological polar surface area (TPSA) is 63.6 Å². The molecule has 0 aromatic carbocycles. The summed E-state index contributed by atoms with van der Waals surface area (Å²) in [5.41, 5.74) is 0. The number of hydrogen-bond donors (Lipinski definition) is 2. The Hall–Kier alpha value is -0.360. The van der Waals surface area contributed by atoms with Crippen molar-refractivity contribution in [1.82, 2.24) is 0 Å². The maximum absolute atomic E-state index is 11.5. The van der Waals surface area contributed by atoms with Crippen LogP contribution in [-0.2, 0) is 14.3 Å². The van der Waals surface area contributed by atoms with Gasteiger partial charge >= 0.3 is 11.9 Å². The zero-order valence-corrected chi connectivity index (χ0v) is 11.8. The van der Waals surface area contributed by atoms with Crippen LogP contribution in [0.5, 0.6) is 0 Å². The normalized spacial score (nSPS) is 12.1. The van der Waals surface area contributed by atoms with E-state index in [-0.39, 0.29) is 24.9 Å². The highest BCUT2D eigenvalue weighted by molar-refractivity contribution is 7.99. The van der Waals surface area contributed by atoms with Crippen molar-refractivity contribution in [3.05, 3.63) is 0 Å². The van der Waals surface area contributed by atoms with Crippen LogP contribution in [0.15, 0.2) is 0 Å². The van der Waals surface area contributed by atoms with Gasteiger partial charge < -0.3 is 9.84 Å². The number of carboxylic acid groups (broad SMARTS) is 1. The molecule has 0 radical (unpaired) electrons. The van der Waals surface area contributed by atoms with E-state index in [9.17, 15) is 9.59 Å². The molecule has 0 saturated heterocycles. The number of rotatable bonds is 10. The smallest absolute Gasteiger partial charge is 0.309 e. The fraction of sp³-hybridized carbons (Fsp3) is 0.818. The summed E-state index contributed by atoms with van der Waals surface area (Å²) in [6.07, 6.45) is 1.45. The Morgan fingerprint density at radius 1 is 1.41 bits per heavy atom. The Labute approximate surface area is 112 Å². The highest BCUT2D eigenvalue weighted by atomic mass is 32.2. The van der Waals surface area contributed by atoms with E-state index in [1.54, 1.807) is 11.8 Å². The lowest BCUT2D eigenvalue weighted by Gasteiger charge is -2.10. The summed E-state index contributed by atoms with van der Waals surface area (Å²) in [7, 11) is 0. The van der Waals surface area contributed by atoms with E-state index < -0.39 is 5.97 Å². The number of thiol groups is 1. The van der Waals surface area contributed by atoms with Crippen molar-refractivity contribution in [3.63, 3.8) is 0 Å². The minimum absolute atomic E-state index is 0.0400. The molecule has 100 valence electrons. The SMILES string of the molecule is CC(CSCCCS)C(=O)OCCCC(=O)O. The molecule has 0 aromatic rings. The molecule has 1 N–H and O–H groups in total.